The third-order valence-electron chi connectivity index (χ3n) is 1.27. The molecule has 7 heteroatoms. The number of phenols is 1. The van der Waals surface area contributed by atoms with Gasteiger partial charge in [-0.2, -0.15) is 0 Å². The van der Waals surface area contributed by atoms with Crippen LogP contribution in [0, 0.1) is 0 Å². The van der Waals surface area contributed by atoms with E-state index in [0.717, 1.165) is 0 Å². The molecule has 1 aromatic rings. The van der Waals surface area contributed by atoms with Gasteiger partial charge in [0, 0.05) is 0 Å². The van der Waals surface area contributed by atoms with Gasteiger partial charge in [-0.05, 0) is 12.1 Å². The molecule has 0 spiro atoms. The second kappa shape index (κ2) is 6.15. The average molecular weight is 225 g/mol. The van der Waals surface area contributed by atoms with Crippen LogP contribution in [0.3, 0.4) is 0 Å². The monoisotopic (exact) mass is 225 g/mol. The summed E-state index contributed by atoms with van der Waals surface area (Å²) in [5.74, 6) is -1.43. The van der Waals surface area contributed by atoms with E-state index in [1.165, 1.54) is 24.3 Å². The molecule has 14 heavy (non-hydrogen) atoms. The van der Waals surface area contributed by atoms with Crippen molar-refractivity contribution in [1.29, 1.82) is 0 Å². The maximum atomic E-state index is 10.9. The third kappa shape index (κ3) is 3.77. The van der Waals surface area contributed by atoms with E-state index in [1.807, 2.05) is 0 Å². The van der Waals surface area contributed by atoms with Gasteiger partial charge in [0.15, 0.2) is 0 Å². The average Bonchev–Trinajstić information content (AvgIpc) is 2.03. The molecular weight excluding hydrogens is 219 g/mol. The molecule has 0 aliphatic heterocycles. The van der Waals surface area contributed by atoms with Crippen LogP contribution in [0.1, 0.15) is 11.8 Å². The first-order valence-electron chi connectivity index (χ1n) is 3.21. The first-order valence-corrected chi connectivity index (χ1v) is 4.21. The summed E-state index contributed by atoms with van der Waals surface area (Å²) in [4.78, 5) is 10.9. The van der Waals surface area contributed by atoms with Crippen LogP contribution in [0.15, 0.2) is 24.3 Å². The molecule has 0 heterocycles. The van der Waals surface area contributed by atoms with E-state index >= 15 is 0 Å². The number of benzene rings is 1. The molecule has 0 aromatic heterocycles. The Balaban J connectivity index is 0. The first-order chi connectivity index (χ1) is 6.11. The Labute approximate surface area is 106 Å². The number of para-hydroxylation sites is 1. The zero-order chi connectivity index (χ0) is 9.84. The molecule has 0 bridgehead atoms. The summed E-state index contributed by atoms with van der Waals surface area (Å²) in [6.07, 6.45) is 0. The van der Waals surface area contributed by atoms with E-state index in [-0.39, 0.29) is 42.3 Å². The number of aromatic hydroxyl groups is 1. The van der Waals surface area contributed by atoms with Gasteiger partial charge in [-0.15, -0.1) is 0 Å². The fourth-order valence-electron chi connectivity index (χ4n) is 0.753. The molecule has 0 fully saturated rings. The number of rotatable bonds is 2. The molecule has 1 rings (SSSR count). The van der Waals surface area contributed by atoms with Crippen molar-refractivity contribution in [3.63, 3.8) is 0 Å². The molecule has 0 radical (unpaired) electrons. The van der Waals surface area contributed by atoms with Gasteiger partial charge in [0.2, 0.25) is 0 Å². The predicted octanol–water partition coefficient (Wildman–Crippen LogP) is -2.54. The van der Waals surface area contributed by atoms with Gasteiger partial charge in [-0.1, -0.05) is 12.1 Å². The van der Waals surface area contributed by atoms with Crippen molar-refractivity contribution < 1.29 is 53.8 Å². The van der Waals surface area contributed by atoms with E-state index in [2.05, 4.69) is 4.18 Å². The van der Waals surface area contributed by atoms with Crippen LogP contribution in [0.2, 0.25) is 0 Å². The second-order valence-electron chi connectivity index (χ2n) is 2.09. The molecule has 1 N–H and O–H groups in total. The first kappa shape index (κ1) is 13.6. The SMILES string of the molecule is O=C(OS(=O)[O-])c1ccccc1O.[H-].[Na+]. The van der Waals surface area contributed by atoms with Crippen molar-refractivity contribution in [2.75, 3.05) is 0 Å². The van der Waals surface area contributed by atoms with Crippen molar-refractivity contribution in [2.24, 2.45) is 0 Å². The largest absolute Gasteiger partial charge is 1.00 e. The molecule has 0 saturated heterocycles. The molecule has 1 aromatic carbocycles. The van der Waals surface area contributed by atoms with Gasteiger partial charge < -0.3 is 15.3 Å². The molecule has 5 nitrogen and oxygen atoms in total. The summed E-state index contributed by atoms with van der Waals surface area (Å²) in [7, 11) is 0. The molecule has 0 amide bonds. The van der Waals surface area contributed by atoms with Gasteiger partial charge in [-0.25, -0.2) is 9.00 Å². The normalized spacial score (nSPS) is 11.2. The summed E-state index contributed by atoms with van der Waals surface area (Å²) in [6, 6.07) is 5.49. The smallest absolute Gasteiger partial charge is 1.00 e. The quantitative estimate of drug-likeness (QED) is 0.442. The Hall–Kier alpha value is -0.400. The van der Waals surface area contributed by atoms with Crippen LogP contribution >= 0.6 is 0 Å². The Kier molecular flexibility index (Phi) is 5.98. The number of hydrogen-bond acceptors (Lipinski definition) is 5. The van der Waals surface area contributed by atoms with Crippen molar-refractivity contribution in [1.82, 2.24) is 0 Å². The van der Waals surface area contributed by atoms with E-state index in [9.17, 15) is 13.6 Å². The Morgan fingerprint density at radius 1 is 1.50 bits per heavy atom. The van der Waals surface area contributed by atoms with Crippen LogP contribution in [0.25, 0.3) is 0 Å². The number of carbonyl (C=O) groups is 1. The molecule has 0 aliphatic rings. The van der Waals surface area contributed by atoms with Crippen LogP contribution in [-0.2, 0) is 15.5 Å². The molecule has 1 unspecified atom stereocenters. The zero-order valence-electron chi connectivity index (χ0n) is 8.30. The second-order valence-corrected chi connectivity index (χ2v) is 2.67. The van der Waals surface area contributed by atoms with Crippen molar-refractivity contribution in [2.45, 2.75) is 0 Å². The molecular formula is C7H6NaO5S-. The maximum Gasteiger partial charge on any atom is 1.00 e. The number of hydrogen-bond donors (Lipinski definition) is 1. The minimum absolute atomic E-state index is 0. The number of carbonyl (C=O) groups excluding carboxylic acids is 1. The van der Waals surface area contributed by atoms with Crippen LogP contribution in [-0.4, -0.2) is 19.8 Å². The summed E-state index contributed by atoms with van der Waals surface area (Å²) in [6.45, 7) is 0. The van der Waals surface area contributed by atoms with Gasteiger partial charge in [0.05, 0.1) is 0 Å². The van der Waals surface area contributed by atoms with E-state index < -0.39 is 17.3 Å². The van der Waals surface area contributed by atoms with Crippen LogP contribution in [0.5, 0.6) is 5.75 Å². The predicted molar refractivity (Wildman–Crippen MR) is 43.6 cm³/mol. The van der Waals surface area contributed by atoms with Crippen molar-refractivity contribution >= 4 is 17.3 Å². The van der Waals surface area contributed by atoms with Gasteiger partial charge in [0.1, 0.15) is 22.7 Å². The van der Waals surface area contributed by atoms with E-state index in [4.69, 9.17) is 5.11 Å². The Bertz CT molecular complexity index is 359. The summed E-state index contributed by atoms with van der Waals surface area (Å²) in [5.41, 5.74) is -0.188. The molecule has 1 atom stereocenters. The van der Waals surface area contributed by atoms with Crippen LogP contribution < -0.4 is 29.6 Å². The minimum Gasteiger partial charge on any atom is -1.00 e. The Morgan fingerprint density at radius 2 is 2.07 bits per heavy atom. The topological polar surface area (TPSA) is 86.7 Å². The third-order valence-corrected chi connectivity index (χ3v) is 1.56. The standard InChI is InChI=1S/C7H6O5S.Na.H/c8-6-4-2-1-3-5(6)7(9)12-13(10)11;;/h1-4,8H,(H,10,11);;/q;+1;-1/p-1. The van der Waals surface area contributed by atoms with Crippen molar-refractivity contribution in [3.05, 3.63) is 29.8 Å². The fourth-order valence-corrected chi connectivity index (χ4v) is 0.966. The maximum absolute atomic E-state index is 10.9. The fraction of sp³-hybridized carbons (Fsp3) is 0. The molecule has 72 valence electrons. The zero-order valence-corrected chi connectivity index (χ0v) is 10.1. The van der Waals surface area contributed by atoms with Gasteiger partial charge in [0.25, 0.3) is 0 Å². The minimum atomic E-state index is -2.92. The van der Waals surface area contributed by atoms with E-state index in [1.54, 1.807) is 0 Å². The Morgan fingerprint density at radius 3 is 2.57 bits per heavy atom. The van der Waals surface area contributed by atoms with Gasteiger partial charge in [-0.3, -0.25) is 0 Å². The van der Waals surface area contributed by atoms with Crippen LogP contribution in [0.4, 0.5) is 0 Å². The number of phenolic OH excluding ortho intramolecular Hbond substituents is 1. The molecule has 0 aliphatic carbocycles. The summed E-state index contributed by atoms with van der Waals surface area (Å²) >= 11 is -2.92. The summed E-state index contributed by atoms with van der Waals surface area (Å²) in [5, 5.41) is 9.09. The molecule has 0 saturated carbocycles. The van der Waals surface area contributed by atoms with Gasteiger partial charge >= 0.3 is 35.5 Å². The summed E-state index contributed by atoms with van der Waals surface area (Å²) < 4.78 is 23.8. The van der Waals surface area contributed by atoms with E-state index in [0.29, 0.717) is 0 Å². The van der Waals surface area contributed by atoms with Crippen molar-refractivity contribution in [3.8, 4) is 5.75 Å².